The van der Waals surface area contributed by atoms with Crippen molar-refractivity contribution in [3.8, 4) is 0 Å². The first kappa shape index (κ1) is 14.3. The van der Waals surface area contributed by atoms with Crippen molar-refractivity contribution in [1.29, 1.82) is 0 Å². The lowest BCUT2D eigenvalue weighted by Gasteiger charge is -2.37. The molecule has 0 spiro atoms. The molecule has 4 nitrogen and oxygen atoms in total. The molecule has 0 amide bonds. The highest BCUT2D eigenvalue weighted by atomic mass is 32.2. The molecule has 2 aliphatic rings. The van der Waals surface area contributed by atoms with E-state index in [1.54, 1.807) is 4.31 Å². The number of nitrogens with two attached hydrogens (primary N) is 1. The number of hydrogen-bond acceptors (Lipinski definition) is 3. The molecule has 0 aromatic rings. The highest BCUT2D eigenvalue weighted by molar-refractivity contribution is 7.88. The van der Waals surface area contributed by atoms with Crippen LogP contribution in [-0.4, -0.2) is 38.6 Å². The summed E-state index contributed by atoms with van der Waals surface area (Å²) in [6, 6.07) is 0. The van der Waals surface area contributed by atoms with Gasteiger partial charge in [-0.2, -0.15) is 0 Å². The van der Waals surface area contributed by atoms with Gasteiger partial charge in [-0.1, -0.05) is 12.8 Å². The zero-order valence-corrected chi connectivity index (χ0v) is 12.2. The molecule has 1 unspecified atom stereocenters. The Morgan fingerprint density at radius 3 is 2.50 bits per heavy atom. The van der Waals surface area contributed by atoms with Gasteiger partial charge in [-0.25, -0.2) is 12.7 Å². The van der Waals surface area contributed by atoms with Gasteiger partial charge in [-0.15, -0.1) is 0 Å². The predicted molar refractivity (Wildman–Crippen MR) is 73.7 cm³/mol. The summed E-state index contributed by atoms with van der Waals surface area (Å²) < 4.78 is 24.9. The number of sulfonamides is 1. The van der Waals surface area contributed by atoms with E-state index in [1.807, 2.05) is 0 Å². The third-order valence-electron chi connectivity index (χ3n) is 4.77. The maximum absolute atomic E-state index is 11.6. The van der Waals surface area contributed by atoms with Crippen LogP contribution in [0.3, 0.4) is 0 Å². The van der Waals surface area contributed by atoms with Gasteiger partial charge in [0.1, 0.15) is 0 Å². The van der Waals surface area contributed by atoms with Gasteiger partial charge in [-0.05, 0) is 50.0 Å². The molecule has 1 atom stereocenters. The predicted octanol–water partition coefficient (Wildman–Crippen LogP) is 1.57. The van der Waals surface area contributed by atoms with Gasteiger partial charge in [0.2, 0.25) is 10.0 Å². The van der Waals surface area contributed by atoms with Crippen molar-refractivity contribution in [3.05, 3.63) is 0 Å². The lowest BCUT2D eigenvalue weighted by atomic mass is 9.76. The maximum atomic E-state index is 11.6. The second kappa shape index (κ2) is 5.47. The van der Waals surface area contributed by atoms with Crippen LogP contribution in [0.1, 0.15) is 44.9 Å². The zero-order valence-electron chi connectivity index (χ0n) is 11.4. The first-order chi connectivity index (χ1) is 8.45. The Labute approximate surface area is 111 Å². The molecule has 0 aromatic heterocycles. The Balaban J connectivity index is 1.97. The minimum Gasteiger partial charge on any atom is -0.330 e. The summed E-state index contributed by atoms with van der Waals surface area (Å²) in [5.74, 6) is 0.509. The molecule has 5 heteroatoms. The molecule has 1 aliphatic heterocycles. The van der Waals surface area contributed by atoms with Gasteiger partial charge in [0.25, 0.3) is 0 Å². The molecule has 18 heavy (non-hydrogen) atoms. The summed E-state index contributed by atoms with van der Waals surface area (Å²) in [4.78, 5) is 0. The Hall–Kier alpha value is -0.130. The summed E-state index contributed by atoms with van der Waals surface area (Å²) in [5.41, 5.74) is 6.29. The fourth-order valence-corrected chi connectivity index (χ4v) is 4.67. The smallest absolute Gasteiger partial charge is 0.211 e. The van der Waals surface area contributed by atoms with Crippen LogP contribution in [0, 0.1) is 11.3 Å². The largest absolute Gasteiger partial charge is 0.330 e. The van der Waals surface area contributed by atoms with Crippen molar-refractivity contribution in [2.45, 2.75) is 44.9 Å². The molecule has 0 bridgehead atoms. The molecule has 1 heterocycles. The minimum absolute atomic E-state index is 0.311. The Morgan fingerprint density at radius 2 is 1.94 bits per heavy atom. The summed E-state index contributed by atoms with van der Waals surface area (Å²) in [6.45, 7) is 2.17. The third kappa shape index (κ3) is 3.25. The number of hydrogen-bond donors (Lipinski definition) is 1. The van der Waals surface area contributed by atoms with Crippen LogP contribution >= 0.6 is 0 Å². The minimum atomic E-state index is -3.02. The number of nitrogens with zero attached hydrogens (tertiary/aromatic N) is 1. The molecular formula is C13H26N2O2S. The molecule has 0 radical (unpaired) electrons. The van der Waals surface area contributed by atoms with Gasteiger partial charge in [-0.3, -0.25) is 0 Å². The first-order valence-corrected chi connectivity index (χ1v) is 8.95. The van der Waals surface area contributed by atoms with Crippen LogP contribution in [0.4, 0.5) is 0 Å². The lowest BCUT2D eigenvalue weighted by Crippen LogP contribution is -2.41. The van der Waals surface area contributed by atoms with Crippen molar-refractivity contribution in [2.75, 3.05) is 25.9 Å². The summed E-state index contributed by atoms with van der Waals surface area (Å²) in [7, 11) is -3.02. The van der Waals surface area contributed by atoms with E-state index in [-0.39, 0.29) is 0 Å². The van der Waals surface area contributed by atoms with Crippen LogP contribution in [-0.2, 0) is 10.0 Å². The van der Waals surface area contributed by atoms with Crippen LogP contribution in [0.25, 0.3) is 0 Å². The molecule has 0 aromatic carbocycles. The third-order valence-corrected chi connectivity index (χ3v) is 6.04. The topological polar surface area (TPSA) is 63.4 Å². The quantitative estimate of drug-likeness (QED) is 0.846. The first-order valence-electron chi connectivity index (χ1n) is 7.10. The van der Waals surface area contributed by atoms with Gasteiger partial charge in [0.05, 0.1) is 6.26 Å². The molecule has 2 N–H and O–H groups in total. The normalized spacial score (nSPS) is 29.6. The van der Waals surface area contributed by atoms with Crippen molar-refractivity contribution in [2.24, 2.45) is 17.1 Å². The highest BCUT2D eigenvalue weighted by Crippen LogP contribution is 2.43. The molecule has 2 rings (SSSR count). The van der Waals surface area contributed by atoms with Crippen LogP contribution in [0.2, 0.25) is 0 Å². The molecule has 106 valence electrons. The number of rotatable bonds is 4. The van der Waals surface area contributed by atoms with Crippen LogP contribution in [0.15, 0.2) is 0 Å². The zero-order chi connectivity index (χ0) is 13.2. The average Bonchev–Trinajstić information content (AvgIpc) is 2.77. The number of piperidine rings is 1. The van der Waals surface area contributed by atoms with Crippen molar-refractivity contribution >= 4 is 10.0 Å². The van der Waals surface area contributed by atoms with E-state index >= 15 is 0 Å². The Morgan fingerprint density at radius 1 is 1.28 bits per heavy atom. The molecule has 1 saturated carbocycles. The Kier molecular flexibility index (Phi) is 4.34. The molecule has 1 saturated heterocycles. The summed E-state index contributed by atoms with van der Waals surface area (Å²) >= 11 is 0. The molecule has 1 aliphatic carbocycles. The standard InChI is InChI=1S/C13H26N2O2S/c1-18(16,17)15-8-4-5-12(10-15)9-13(11-14)6-2-3-7-13/h12H,2-11,14H2,1H3. The van der Waals surface area contributed by atoms with Crippen LogP contribution < -0.4 is 5.73 Å². The van der Waals surface area contributed by atoms with E-state index in [4.69, 9.17) is 5.73 Å². The van der Waals surface area contributed by atoms with Crippen molar-refractivity contribution < 1.29 is 8.42 Å². The van der Waals surface area contributed by atoms with E-state index in [0.29, 0.717) is 24.4 Å². The molecular weight excluding hydrogens is 248 g/mol. The van der Waals surface area contributed by atoms with E-state index in [2.05, 4.69) is 0 Å². The lowest BCUT2D eigenvalue weighted by molar-refractivity contribution is 0.171. The molecule has 2 fully saturated rings. The summed E-state index contributed by atoms with van der Waals surface area (Å²) in [6.07, 6.45) is 9.66. The van der Waals surface area contributed by atoms with E-state index in [1.165, 1.54) is 31.9 Å². The van der Waals surface area contributed by atoms with Gasteiger partial charge in [0.15, 0.2) is 0 Å². The van der Waals surface area contributed by atoms with Crippen LogP contribution in [0.5, 0.6) is 0 Å². The average molecular weight is 274 g/mol. The highest BCUT2D eigenvalue weighted by Gasteiger charge is 2.37. The maximum Gasteiger partial charge on any atom is 0.211 e. The second-order valence-corrected chi connectivity index (χ2v) is 8.23. The van der Waals surface area contributed by atoms with E-state index < -0.39 is 10.0 Å². The summed E-state index contributed by atoms with van der Waals surface area (Å²) in [5, 5.41) is 0. The van der Waals surface area contributed by atoms with Crippen molar-refractivity contribution in [1.82, 2.24) is 4.31 Å². The van der Waals surface area contributed by atoms with Crippen molar-refractivity contribution in [3.63, 3.8) is 0 Å². The second-order valence-electron chi connectivity index (χ2n) is 6.24. The SMILES string of the molecule is CS(=O)(=O)N1CCCC(CC2(CN)CCCC2)C1. The van der Waals surface area contributed by atoms with E-state index in [0.717, 1.165) is 25.8 Å². The Bertz CT molecular complexity index is 374. The van der Waals surface area contributed by atoms with Gasteiger partial charge < -0.3 is 5.73 Å². The van der Waals surface area contributed by atoms with Gasteiger partial charge >= 0.3 is 0 Å². The fourth-order valence-electron chi connectivity index (χ4n) is 3.72. The monoisotopic (exact) mass is 274 g/mol. The van der Waals surface area contributed by atoms with Gasteiger partial charge in [0, 0.05) is 13.1 Å². The van der Waals surface area contributed by atoms with E-state index in [9.17, 15) is 8.42 Å². The fraction of sp³-hybridized carbons (Fsp3) is 1.00.